The summed E-state index contributed by atoms with van der Waals surface area (Å²) in [4.78, 5) is 11.5. The number of hydrogen-bond acceptors (Lipinski definition) is 4. The third kappa shape index (κ3) is 2.94. The Morgan fingerprint density at radius 1 is 1.41 bits per heavy atom. The van der Waals surface area contributed by atoms with E-state index in [4.69, 9.17) is 5.73 Å². The molecule has 94 valence electrons. The first-order valence-corrected chi connectivity index (χ1v) is 6.60. The van der Waals surface area contributed by atoms with Crippen LogP contribution in [0.3, 0.4) is 0 Å². The topological polar surface area (TPSA) is 55.0 Å². The van der Waals surface area contributed by atoms with Gasteiger partial charge in [0.05, 0.1) is 0 Å². The SMILES string of the molecule is CCCc1cc(N2CCC(N)C2)nc(CC)n1. The highest BCUT2D eigenvalue weighted by Crippen LogP contribution is 2.19. The standard InChI is InChI=1S/C13H22N4/c1-3-5-11-8-13(16-12(4-2)15-11)17-7-6-10(14)9-17/h8,10H,3-7,9,14H2,1-2H3. The van der Waals surface area contributed by atoms with E-state index in [9.17, 15) is 0 Å². The van der Waals surface area contributed by atoms with Crippen LogP contribution in [0.15, 0.2) is 6.07 Å². The second-order valence-corrected chi connectivity index (χ2v) is 4.73. The number of anilines is 1. The van der Waals surface area contributed by atoms with Crippen molar-refractivity contribution in [1.82, 2.24) is 9.97 Å². The Morgan fingerprint density at radius 2 is 2.24 bits per heavy atom. The lowest BCUT2D eigenvalue weighted by molar-refractivity contribution is 0.750. The maximum atomic E-state index is 5.94. The van der Waals surface area contributed by atoms with Crippen molar-refractivity contribution in [3.05, 3.63) is 17.6 Å². The number of nitrogens with two attached hydrogens (primary N) is 1. The van der Waals surface area contributed by atoms with Crippen LogP contribution < -0.4 is 10.6 Å². The Morgan fingerprint density at radius 3 is 2.82 bits per heavy atom. The molecule has 4 nitrogen and oxygen atoms in total. The van der Waals surface area contributed by atoms with Crippen molar-refractivity contribution < 1.29 is 0 Å². The highest BCUT2D eigenvalue weighted by atomic mass is 15.2. The van der Waals surface area contributed by atoms with Crippen molar-refractivity contribution in [3.63, 3.8) is 0 Å². The molecule has 1 fully saturated rings. The molecule has 1 saturated heterocycles. The molecule has 0 saturated carbocycles. The molecule has 2 N–H and O–H groups in total. The highest BCUT2D eigenvalue weighted by molar-refractivity contribution is 5.41. The first-order valence-electron chi connectivity index (χ1n) is 6.60. The molecule has 1 aliphatic rings. The minimum absolute atomic E-state index is 0.296. The minimum Gasteiger partial charge on any atom is -0.355 e. The third-order valence-electron chi connectivity index (χ3n) is 3.18. The Bertz CT molecular complexity index is 378. The average Bonchev–Trinajstić information content (AvgIpc) is 2.76. The van der Waals surface area contributed by atoms with Crippen molar-refractivity contribution in [3.8, 4) is 0 Å². The molecule has 4 heteroatoms. The largest absolute Gasteiger partial charge is 0.355 e. The minimum atomic E-state index is 0.296. The number of aryl methyl sites for hydroxylation is 2. The number of nitrogens with zero attached hydrogens (tertiary/aromatic N) is 3. The molecule has 0 aliphatic carbocycles. The van der Waals surface area contributed by atoms with Gasteiger partial charge in [-0.05, 0) is 12.8 Å². The maximum Gasteiger partial charge on any atom is 0.132 e. The lowest BCUT2D eigenvalue weighted by Crippen LogP contribution is -2.27. The Hall–Kier alpha value is -1.16. The Kier molecular flexibility index (Phi) is 3.94. The van der Waals surface area contributed by atoms with Crippen LogP contribution >= 0.6 is 0 Å². The van der Waals surface area contributed by atoms with Gasteiger partial charge in [-0.2, -0.15) is 0 Å². The van der Waals surface area contributed by atoms with Gasteiger partial charge < -0.3 is 10.6 Å². The zero-order valence-corrected chi connectivity index (χ0v) is 10.8. The summed E-state index contributed by atoms with van der Waals surface area (Å²) in [5, 5.41) is 0. The van der Waals surface area contributed by atoms with E-state index in [1.54, 1.807) is 0 Å². The second-order valence-electron chi connectivity index (χ2n) is 4.73. The van der Waals surface area contributed by atoms with Crippen molar-refractivity contribution >= 4 is 5.82 Å². The van der Waals surface area contributed by atoms with E-state index in [1.807, 2.05) is 0 Å². The molecule has 1 atom stereocenters. The van der Waals surface area contributed by atoms with E-state index in [2.05, 4.69) is 34.8 Å². The van der Waals surface area contributed by atoms with Gasteiger partial charge in [-0.15, -0.1) is 0 Å². The summed E-state index contributed by atoms with van der Waals surface area (Å²) in [5.41, 5.74) is 7.11. The van der Waals surface area contributed by atoms with Crippen molar-refractivity contribution in [2.45, 2.75) is 45.6 Å². The van der Waals surface area contributed by atoms with Gasteiger partial charge in [0, 0.05) is 37.3 Å². The van der Waals surface area contributed by atoms with E-state index in [0.717, 1.165) is 56.1 Å². The fraction of sp³-hybridized carbons (Fsp3) is 0.692. The first-order chi connectivity index (χ1) is 8.22. The smallest absolute Gasteiger partial charge is 0.132 e. The van der Waals surface area contributed by atoms with Gasteiger partial charge in [0.15, 0.2) is 0 Å². The van der Waals surface area contributed by atoms with E-state index in [-0.39, 0.29) is 0 Å². The summed E-state index contributed by atoms with van der Waals surface area (Å²) < 4.78 is 0. The Labute approximate surface area is 103 Å². The van der Waals surface area contributed by atoms with E-state index in [1.165, 1.54) is 0 Å². The molecule has 0 bridgehead atoms. The molecule has 0 aromatic carbocycles. The van der Waals surface area contributed by atoms with Gasteiger partial charge in [0.1, 0.15) is 11.6 Å². The fourth-order valence-electron chi connectivity index (χ4n) is 2.24. The molecule has 1 aliphatic heterocycles. The number of hydrogen-bond donors (Lipinski definition) is 1. The van der Waals surface area contributed by atoms with Crippen LogP contribution in [-0.4, -0.2) is 29.1 Å². The lowest BCUT2D eigenvalue weighted by atomic mass is 10.2. The van der Waals surface area contributed by atoms with Gasteiger partial charge in [0.25, 0.3) is 0 Å². The van der Waals surface area contributed by atoms with E-state index in [0.29, 0.717) is 6.04 Å². The zero-order valence-electron chi connectivity index (χ0n) is 10.8. The molecular weight excluding hydrogens is 212 g/mol. The molecule has 2 heterocycles. The van der Waals surface area contributed by atoms with Crippen LogP contribution in [0.4, 0.5) is 5.82 Å². The van der Waals surface area contributed by atoms with Gasteiger partial charge >= 0.3 is 0 Å². The summed E-state index contributed by atoms with van der Waals surface area (Å²) in [7, 11) is 0. The van der Waals surface area contributed by atoms with Crippen molar-refractivity contribution in [1.29, 1.82) is 0 Å². The quantitative estimate of drug-likeness (QED) is 0.858. The van der Waals surface area contributed by atoms with Gasteiger partial charge in [-0.1, -0.05) is 20.3 Å². The zero-order chi connectivity index (χ0) is 12.3. The lowest BCUT2D eigenvalue weighted by Gasteiger charge is -2.18. The predicted octanol–water partition coefficient (Wildman–Crippen LogP) is 1.53. The molecular formula is C13H22N4. The van der Waals surface area contributed by atoms with E-state index < -0.39 is 0 Å². The van der Waals surface area contributed by atoms with Gasteiger partial charge in [-0.25, -0.2) is 9.97 Å². The molecule has 0 amide bonds. The summed E-state index contributed by atoms with van der Waals surface area (Å²) in [5.74, 6) is 2.01. The third-order valence-corrected chi connectivity index (χ3v) is 3.18. The van der Waals surface area contributed by atoms with Crippen LogP contribution in [0.25, 0.3) is 0 Å². The van der Waals surface area contributed by atoms with Crippen molar-refractivity contribution in [2.24, 2.45) is 5.73 Å². The average molecular weight is 234 g/mol. The molecule has 1 aromatic rings. The maximum absolute atomic E-state index is 5.94. The molecule has 0 radical (unpaired) electrons. The monoisotopic (exact) mass is 234 g/mol. The Balaban J connectivity index is 2.23. The van der Waals surface area contributed by atoms with Crippen LogP contribution in [0.2, 0.25) is 0 Å². The van der Waals surface area contributed by atoms with Crippen LogP contribution in [-0.2, 0) is 12.8 Å². The normalized spacial score (nSPS) is 19.9. The summed E-state index contributed by atoms with van der Waals surface area (Å²) in [6, 6.07) is 2.42. The molecule has 0 spiro atoms. The van der Waals surface area contributed by atoms with Crippen LogP contribution in [0, 0.1) is 0 Å². The van der Waals surface area contributed by atoms with Gasteiger partial charge in [-0.3, -0.25) is 0 Å². The molecule has 17 heavy (non-hydrogen) atoms. The summed E-state index contributed by atoms with van der Waals surface area (Å²) in [6.45, 7) is 6.22. The fourth-order valence-corrected chi connectivity index (χ4v) is 2.24. The second kappa shape index (κ2) is 5.45. The van der Waals surface area contributed by atoms with Crippen molar-refractivity contribution in [2.75, 3.05) is 18.0 Å². The predicted molar refractivity (Wildman–Crippen MR) is 70.2 cm³/mol. The van der Waals surface area contributed by atoms with Crippen LogP contribution in [0.1, 0.15) is 38.2 Å². The highest BCUT2D eigenvalue weighted by Gasteiger charge is 2.21. The summed E-state index contributed by atoms with van der Waals surface area (Å²) in [6.07, 6.45) is 4.11. The van der Waals surface area contributed by atoms with Crippen LogP contribution in [0.5, 0.6) is 0 Å². The molecule has 1 unspecified atom stereocenters. The molecule has 2 rings (SSSR count). The number of rotatable bonds is 4. The van der Waals surface area contributed by atoms with Gasteiger partial charge in [0.2, 0.25) is 0 Å². The summed E-state index contributed by atoms with van der Waals surface area (Å²) >= 11 is 0. The van der Waals surface area contributed by atoms with E-state index >= 15 is 0 Å². The number of aromatic nitrogens is 2. The molecule has 1 aromatic heterocycles. The first kappa shape index (κ1) is 12.3.